The molecule has 1 atom stereocenters. The lowest BCUT2D eigenvalue weighted by Crippen LogP contribution is -2.28. The Kier molecular flexibility index (Phi) is 6.65. The summed E-state index contributed by atoms with van der Waals surface area (Å²) in [5.41, 5.74) is 0.536. The van der Waals surface area contributed by atoms with Gasteiger partial charge in [0.1, 0.15) is 5.75 Å². The van der Waals surface area contributed by atoms with Crippen molar-refractivity contribution < 1.29 is 13.5 Å². The van der Waals surface area contributed by atoms with Crippen molar-refractivity contribution >= 4 is 0 Å². The van der Waals surface area contributed by atoms with E-state index in [2.05, 4.69) is 5.32 Å². The molecule has 0 bridgehead atoms. The Morgan fingerprint density at radius 3 is 2.50 bits per heavy atom. The van der Waals surface area contributed by atoms with Crippen LogP contribution in [0.5, 0.6) is 5.75 Å². The van der Waals surface area contributed by atoms with Crippen LogP contribution in [0.4, 0.5) is 8.78 Å². The Labute approximate surface area is 107 Å². The lowest BCUT2D eigenvalue weighted by Gasteiger charge is -2.21. The van der Waals surface area contributed by atoms with E-state index in [0.717, 1.165) is 12.8 Å². The van der Waals surface area contributed by atoms with Gasteiger partial charge < -0.3 is 10.1 Å². The second-order valence-corrected chi connectivity index (χ2v) is 4.15. The largest absolute Gasteiger partial charge is 0.493 e. The zero-order valence-corrected chi connectivity index (χ0v) is 11.0. The molecule has 18 heavy (non-hydrogen) atoms. The first-order valence-corrected chi connectivity index (χ1v) is 6.44. The first kappa shape index (κ1) is 14.9. The highest BCUT2D eigenvalue weighted by atomic mass is 19.3. The summed E-state index contributed by atoms with van der Waals surface area (Å²) in [5.74, 6) is 0.549. The summed E-state index contributed by atoms with van der Waals surface area (Å²) in [6.07, 6.45) is -0.764. The number of benzene rings is 1. The van der Waals surface area contributed by atoms with E-state index in [-0.39, 0.29) is 0 Å². The first-order valence-electron chi connectivity index (χ1n) is 6.44. The molecule has 0 saturated heterocycles. The summed E-state index contributed by atoms with van der Waals surface area (Å²) in [7, 11) is 0. The summed E-state index contributed by atoms with van der Waals surface area (Å²) in [6, 6.07) is 6.05. The minimum absolute atomic E-state index is 0.536. The number of para-hydroxylation sites is 1. The topological polar surface area (TPSA) is 21.3 Å². The molecule has 0 aromatic heterocycles. The third-order valence-corrected chi connectivity index (χ3v) is 2.58. The monoisotopic (exact) mass is 257 g/mol. The van der Waals surface area contributed by atoms with Gasteiger partial charge in [-0.1, -0.05) is 32.0 Å². The highest BCUT2D eigenvalue weighted by molar-refractivity contribution is 5.36. The molecule has 0 heterocycles. The Morgan fingerprint density at radius 2 is 1.89 bits per heavy atom. The lowest BCUT2D eigenvalue weighted by molar-refractivity contribution is 0.0967. The van der Waals surface area contributed by atoms with Crippen LogP contribution in [0.2, 0.25) is 0 Å². The summed E-state index contributed by atoms with van der Waals surface area (Å²) >= 11 is 0. The number of halogens is 2. The minimum Gasteiger partial charge on any atom is -0.493 e. The fourth-order valence-electron chi connectivity index (χ4n) is 1.72. The van der Waals surface area contributed by atoms with E-state index in [1.807, 2.05) is 13.8 Å². The molecule has 1 aromatic rings. The van der Waals surface area contributed by atoms with Crippen molar-refractivity contribution in [1.29, 1.82) is 0 Å². The van der Waals surface area contributed by atoms with Crippen LogP contribution in [-0.4, -0.2) is 19.6 Å². The predicted octanol–water partition coefficient (Wildman–Crippen LogP) is 3.78. The van der Waals surface area contributed by atoms with Crippen LogP contribution in [0.15, 0.2) is 24.3 Å². The fourth-order valence-corrected chi connectivity index (χ4v) is 1.72. The summed E-state index contributed by atoms with van der Waals surface area (Å²) in [4.78, 5) is 0. The molecule has 0 radical (unpaired) electrons. The maximum Gasteiger partial charge on any atom is 0.257 e. The fraction of sp³-hybridized carbons (Fsp3) is 0.571. The zero-order chi connectivity index (χ0) is 13.4. The number of hydrogen-bond acceptors (Lipinski definition) is 2. The number of ether oxygens (including phenoxy) is 1. The third kappa shape index (κ3) is 4.26. The van der Waals surface area contributed by atoms with Crippen molar-refractivity contribution in [3.63, 3.8) is 0 Å². The van der Waals surface area contributed by atoms with Gasteiger partial charge in [0, 0.05) is 5.56 Å². The van der Waals surface area contributed by atoms with E-state index in [0.29, 0.717) is 24.5 Å². The Hall–Kier alpha value is -1.16. The van der Waals surface area contributed by atoms with Gasteiger partial charge in [-0.25, -0.2) is 8.78 Å². The van der Waals surface area contributed by atoms with Gasteiger partial charge in [0.2, 0.25) is 0 Å². The standard InChI is InChI=1S/C14H21F2NO/c1-3-9-17-13(14(15)16)11-7-5-6-8-12(11)18-10-4-2/h5-8,13-14,17H,3-4,9-10H2,1-2H3. The van der Waals surface area contributed by atoms with Crippen LogP contribution >= 0.6 is 0 Å². The molecule has 0 amide bonds. The van der Waals surface area contributed by atoms with E-state index in [4.69, 9.17) is 4.74 Å². The normalized spacial score (nSPS) is 12.7. The molecular formula is C14H21F2NO. The Balaban J connectivity index is 2.88. The number of alkyl halides is 2. The highest BCUT2D eigenvalue weighted by Gasteiger charge is 2.24. The van der Waals surface area contributed by atoms with E-state index < -0.39 is 12.5 Å². The van der Waals surface area contributed by atoms with Gasteiger partial charge in [-0.15, -0.1) is 0 Å². The quantitative estimate of drug-likeness (QED) is 0.765. The molecule has 1 N–H and O–H groups in total. The molecule has 0 aliphatic rings. The van der Waals surface area contributed by atoms with Gasteiger partial charge in [-0.2, -0.15) is 0 Å². The van der Waals surface area contributed by atoms with Gasteiger partial charge in [0.25, 0.3) is 6.43 Å². The smallest absolute Gasteiger partial charge is 0.257 e. The lowest BCUT2D eigenvalue weighted by atomic mass is 10.1. The van der Waals surface area contributed by atoms with Crippen molar-refractivity contribution in [1.82, 2.24) is 5.32 Å². The van der Waals surface area contributed by atoms with Crippen molar-refractivity contribution in [3.8, 4) is 5.75 Å². The first-order chi connectivity index (χ1) is 8.70. The molecule has 1 rings (SSSR count). The number of rotatable bonds is 8. The van der Waals surface area contributed by atoms with Gasteiger partial charge in [-0.05, 0) is 25.5 Å². The predicted molar refractivity (Wildman–Crippen MR) is 69.3 cm³/mol. The van der Waals surface area contributed by atoms with Crippen molar-refractivity contribution in [2.75, 3.05) is 13.2 Å². The maximum atomic E-state index is 13.1. The molecule has 1 aromatic carbocycles. The third-order valence-electron chi connectivity index (χ3n) is 2.58. The summed E-state index contributed by atoms with van der Waals surface area (Å²) in [5, 5.41) is 2.87. The molecule has 0 aliphatic carbocycles. The van der Waals surface area contributed by atoms with E-state index in [1.54, 1.807) is 24.3 Å². The minimum atomic E-state index is -2.44. The molecule has 0 aliphatic heterocycles. The van der Waals surface area contributed by atoms with Crippen LogP contribution < -0.4 is 10.1 Å². The highest BCUT2D eigenvalue weighted by Crippen LogP contribution is 2.29. The zero-order valence-electron chi connectivity index (χ0n) is 11.0. The van der Waals surface area contributed by atoms with E-state index in [9.17, 15) is 8.78 Å². The van der Waals surface area contributed by atoms with Crippen LogP contribution in [0, 0.1) is 0 Å². The van der Waals surface area contributed by atoms with E-state index in [1.165, 1.54) is 0 Å². The van der Waals surface area contributed by atoms with Crippen molar-refractivity contribution in [2.45, 2.75) is 39.2 Å². The van der Waals surface area contributed by atoms with E-state index >= 15 is 0 Å². The van der Waals surface area contributed by atoms with Crippen molar-refractivity contribution in [3.05, 3.63) is 29.8 Å². The molecule has 0 saturated carbocycles. The summed E-state index contributed by atoms with van der Waals surface area (Å²) in [6.45, 7) is 5.05. The molecule has 1 unspecified atom stereocenters. The molecule has 2 nitrogen and oxygen atoms in total. The molecule has 0 spiro atoms. The number of nitrogens with one attached hydrogen (secondary N) is 1. The van der Waals surface area contributed by atoms with Crippen molar-refractivity contribution in [2.24, 2.45) is 0 Å². The van der Waals surface area contributed by atoms with Crippen LogP contribution in [0.1, 0.15) is 38.3 Å². The van der Waals surface area contributed by atoms with Crippen LogP contribution in [-0.2, 0) is 0 Å². The molecule has 4 heteroatoms. The maximum absolute atomic E-state index is 13.1. The van der Waals surface area contributed by atoms with Gasteiger partial charge in [0.15, 0.2) is 0 Å². The van der Waals surface area contributed by atoms with Gasteiger partial charge in [0.05, 0.1) is 12.6 Å². The second kappa shape index (κ2) is 8.03. The Bertz CT molecular complexity index is 344. The number of hydrogen-bond donors (Lipinski definition) is 1. The molecular weight excluding hydrogens is 236 g/mol. The average Bonchev–Trinajstić information content (AvgIpc) is 2.37. The van der Waals surface area contributed by atoms with Crippen LogP contribution in [0.3, 0.4) is 0 Å². The second-order valence-electron chi connectivity index (χ2n) is 4.15. The summed E-state index contributed by atoms with van der Waals surface area (Å²) < 4.78 is 31.7. The van der Waals surface area contributed by atoms with Crippen LogP contribution in [0.25, 0.3) is 0 Å². The molecule has 102 valence electrons. The van der Waals surface area contributed by atoms with Gasteiger partial charge in [-0.3, -0.25) is 0 Å². The SMILES string of the molecule is CCCNC(c1ccccc1OCCC)C(F)F. The average molecular weight is 257 g/mol. The Morgan fingerprint density at radius 1 is 1.17 bits per heavy atom. The van der Waals surface area contributed by atoms with Gasteiger partial charge >= 0.3 is 0 Å². The molecule has 0 fully saturated rings.